The number of aromatic amines is 1. The first kappa shape index (κ1) is 14.1. The van der Waals surface area contributed by atoms with Crippen molar-refractivity contribution in [2.75, 3.05) is 0 Å². The van der Waals surface area contributed by atoms with Crippen LogP contribution in [0.3, 0.4) is 0 Å². The summed E-state index contributed by atoms with van der Waals surface area (Å²) in [7, 11) is 0. The number of hydrogen-bond acceptors (Lipinski definition) is 2. The molecule has 4 heteroatoms. The average Bonchev–Trinajstić information content (AvgIpc) is 2.80. The summed E-state index contributed by atoms with van der Waals surface area (Å²) in [5, 5.41) is 4.21. The highest BCUT2D eigenvalue weighted by Gasteiger charge is 2.26. The van der Waals surface area contributed by atoms with Crippen LogP contribution in [0.2, 0.25) is 0 Å². The molecule has 1 aliphatic carbocycles. The second-order valence-corrected chi connectivity index (χ2v) is 6.16. The second kappa shape index (κ2) is 5.90. The Morgan fingerprint density at radius 2 is 2.19 bits per heavy atom. The molecule has 1 unspecified atom stereocenters. The highest BCUT2D eigenvalue weighted by Crippen LogP contribution is 2.29. The van der Waals surface area contributed by atoms with Crippen LogP contribution in [0.4, 0.5) is 0 Å². The Morgan fingerprint density at radius 1 is 1.43 bits per heavy atom. The molecule has 21 heavy (non-hydrogen) atoms. The van der Waals surface area contributed by atoms with Gasteiger partial charge < -0.3 is 16.0 Å². The van der Waals surface area contributed by atoms with Crippen LogP contribution in [0.1, 0.15) is 31.7 Å². The Kier molecular flexibility index (Phi) is 3.97. The third kappa shape index (κ3) is 2.95. The SMILES string of the molecule is CC(NC(=O)[C@@H](N)Cc1c[nH]c2ccccc12)C1CCC1. The first-order valence-corrected chi connectivity index (χ1v) is 7.76. The van der Waals surface area contributed by atoms with E-state index in [1.807, 2.05) is 24.4 Å². The van der Waals surface area contributed by atoms with Crippen molar-refractivity contribution in [1.82, 2.24) is 10.3 Å². The van der Waals surface area contributed by atoms with Crippen LogP contribution in [0, 0.1) is 5.92 Å². The molecular formula is C17H23N3O. The van der Waals surface area contributed by atoms with Crippen LogP contribution in [0.5, 0.6) is 0 Å². The lowest BCUT2D eigenvalue weighted by atomic mass is 9.80. The highest BCUT2D eigenvalue weighted by molar-refractivity contribution is 5.86. The second-order valence-electron chi connectivity index (χ2n) is 6.16. The third-order valence-corrected chi connectivity index (χ3v) is 4.68. The molecule has 1 amide bonds. The summed E-state index contributed by atoms with van der Waals surface area (Å²) in [6.07, 6.45) is 6.24. The zero-order chi connectivity index (χ0) is 14.8. The number of nitrogens with two attached hydrogens (primary N) is 1. The molecule has 0 radical (unpaired) electrons. The Morgan fingerprint density at radius 3 is 2.90 bits per heavy atom. The number of hydrogen-bond donors (Lipinski definition) is 3. The van der Waals surface area contributed by atoms with Crippen molar-refractivity contribution in [2.24, 2.45) is 11.7 Å². The molecular weight excluding hydrogens is 262 g/mol. The van der Waals surface area contributed by atoms with E-state index in [4.69, 9.17) is 5.73 Å². The molecule has 1 heterocycles. The fourth-order valence-electron chi connectivity index (χ4n) is 3.02. The molecule has 2 aromatic rings. The molecule has 1 fully saturated rings. The molecule has 3 rings (SSSR count). The van der Waals surface area contributed by atoms with E-state index in [9.17, 15) is 4.79 Å². The van der Waals surface area contributed by atoms with Crippen LogP contribution >= 0.6 is 0 Å². The van der Waals surface area contributed by atoms with Crippen LogP contribution in [0.15, 0.2) is 30.5 Å². The molecule has 4 N–H and O–H groups in total. The van der Waals surface area contributed by atoms with Crippen molar-refractivity contribution in [3.63, 3.8) is 0 Å². The highest BCUT2D eigenvalue weighted by atomic mass is 16.2. The molecule has 4 nitrogen and oxygen atoms in total. The van der Waals surface area contributed by atoms with Gasteiger partial charge in [-0.05, 0) is 43.7 Å². The molecule has 2 atom stereocenters. The Bertz CT molecular complexity index is 630. The molecule has 1 aromatic heterocycles. The van der Waals surface area contributed by atoms with Crippen molar-refractivity contribution in [2.45, 2.75) is 44.7 Å². The molecule has 0 bridgehead atoms. The molecule has 0 aliphatic heterocycles. The lowest BCUT2D eigenvalue weighted by molar-refractivity contribution is -0.123. The number of benzene rings is 1. The largest absolute Gasteiger partial charge is 0.361 e. The van der Waals surface area contributed by atoms with Crippen molar-refractivity contribution in [3.05, 3.63) is 36.0 Å². The Balaban J connectivity index is 1.62. The number of rotatable bonds is 5. The zero-order valence-electron chi connectivity index (χ0n) is 12.4. The quantitative estimate of drug-likeness (QED) is 0.789. The number of carbonyl (C=O) groups is 1. The smallest absolute Gasteiger partial charge is 0.237 e. The molecule has 1 saturated carbocycles. The minimum absolute atomic E-state index is 0.0420. The first-order valence-electron chi connectivity index (χ1n) is 7.76. The van der Waals surface area contributed by atoms with E-state index in [-0.39, 0.29) is 11.9 Å². The predicted molar refractivity (Wildman–Crippen MR) is 84.9 cm³/mol. The number of para-hydroxylation sites is 1. The minimum Gasteiger partial charge on any atom is -0.361 e. The summed E-state index contributed by atoms with van der Waals surface area (Å²) in [6, 6.07) is 7.83. The standard InChI is InChI=1S/C17H23N3O/c1-11(12-5-4-6-12)20-17(21)15(18)9-13-10-19-16-8-3-2-7-14(13)16/h2-3,7-8,10-12,15,19H,4-6,9,18H2,1H3,(H,20,21)/t11?,15-/m0/s1. The van der Waals surface area contributed by atoms with Gasteiger partial charge in [0.25, 0.3) is 0 Å². The minimum atomic E-state index is -0.494. The van der Waals surface area contributed by atoms with Gasteiger partial charge >= 0.3 is 0 Å². The van der Waals surface area contributed by atoms with E-state index in [0.717, 1.165) is 16.5 Å². The molecule has 1 aromatic carbocycles. The molecule has 1 aliphatic rings. The van der Waals surface area contributed by atoms with Gasteiger partial charge in [0.15, 0.2) is 0 Å². The van der Waals surface area contributed by atoms with Gasteiger partial charge in [-0.3, -0.25) is 4.79 Å². The van der Waals surface area contributed by atoms with E-state index >= 15 is 0 Å². The van der Waals surface area contributed by atoms with Gasteiger partial charge in [0.05, 0.1) is 6.04 Å². The molecule has 0 saturated heterocycles. The lowest BCUT2D eigenvalue weighted by Gasteiger charge is -2.32. The van der Waals surface area contributed by atoms with Gasteiger partial charge in [-0.1, -0.05) is 24.6 Å². The number of carbonyl (C=O) groups excluding carboxylic acids is 1. The summed E-state index contributed by atoms with van der Waals surface area (Å²) in [5.74, 6) is 0.592. The summed E-state index contributed by atoms with van der Waals surface area (Å²) in [4.78, 5) is 15.4. The fourth-order valence-corrected chi connectivity index (χ4v) is 3.02. The maximum Gasteiger partial charge on any atom is 0.237 e. The van der Waals surface area contributed by atoms with E-state index in [1.165, 1.54) is 19.3 Å². The van der Waals surface area contributed by atoms with Gasteiger partial charge in [0.1, 0.15) is 0 Å². The van der Waals surface area contributed by atoms with Crippen molar-refractivity contribution in [3.8, 4) is 0 Å². The van der Waals surface area contributed by atoms with E-state index in [1.54, 1.807) is 0 Å². The number of amides is 1. The predicted octanol–water partition coefficient (Wildman–Crippen LogP) is 2.34. The van der Waals surface area contributed by atoms with Crippen molar-refractivity contribution in [1.29, 1.82) is 0 Å². The number of nitrogens with one attached hydrogen (secondary N) is 2. The van der Waals surface area contributed by atoms with E-state index in [2.05, 4.69) is 23.3 Å². The average molecular weight is 285 g/mol. The fraction of sp³-hybridized carbons (Fsp3) is 0.471. The number of H-pyrrole nitrogens is 1. The van der Waals surface area contributed by atoms with Crippen molar-refractivity contribution < 1.29 is 4.79 Å². The summed E-state index contributed by atoms with van der Waals surface area (Å²) in [5.41, 5.74) is 8.27. The summed E-state index contributed by atoms with van der Waals surface area (Å²) < 4.78 is 0. The molecule has 112 valence electrons. The van der Waals surface area contributed by atoms with E-state index < -0.39 is 6.04 Å². The zero-order valence-corrected chi connectivity index (χ0v) is 12.4. The first-order chi connectivity index (χ1) is 10.1. The van der Waals surface area contributed by atoms with Crippen LogP contribution in [-0.4, -0.2) is 23.0 Å². The third-order valence-electron chi connectivity index (χ3n) is 4.68. The normalized spacial score (nSPS) is 18.2. The van der Waals surface area contributed by atoms with Crippen LogP contribution in [0.25, 0.3) is 10.9 Å². The lowest BCUT2D eigenvalue weighted by Crippen LogP contribution is -2.48. The van der Waals surface area contributed by atoms with Crippen LogP contribution < -0.4 is 11.1 Å². The maximum absolute atomic E-state index is 12.2. The number of aromatic nitrogens is 1. The van der Waals surface area contributed by atoms with Gasteiger partial charge in [-0.15, -0.1) is 0 Å². The summed E-state index contributed by atoms with van der Waals surface area (Å²) in [6.45, 7) is 2.08. The topological polar surface area (TPSA) is 70.9 Å². The van der Waals surface area contributed by atoms with Gasteiger partial charge in [-0.2, -0.15) is 0 Å². The maximum atomic E-state index is 12.2. The Hall–Kier alpha value is -1.81. The van der Waals surface area contributed by atoms with Crippen LogP contribution in [-0.2, 0) is 11.2 Å². The monoisotopic (exact) mass is 285 g/mol. The Labute approximate surface area is 125 Å². The van der Waals surface area contributed by atoms with E-state index in [0.29, 0.717) is 12.3 Å². The van der Waals surface area contributed by atoms with Gasteiger partial charge in [-0.25, -0.2) is 0 Å². The van der Waals surface area contributed by atoms with Gasteiger partial charge in [0.2, 0.25) is 5.91 Å². The molecule has 0 spiro atoms. The number of fused-ring (bicyclic) bond motifs is 1. The summed E-state index contributed by atoms with van der Waals surface area (Å²) >= 11 is 0. The van der Waals surface area contributed by atoms with Gasteiger partial charge in [0, 0.05) is 23.1 Å². The van der Waals surface area contributed by atoms with Crippen molar-refractivity contribution >= 4 is 16.8 Å².